The molecule has 7 heteroatoms. The standard InChI is InChI=1S/C11H13BrN4OS/c1-7-13-11(16-15-7)14-10(17)4-2-3-8-5-6-9(12)18-8/h5-6H,2-4H2,1H3,(H2,13,14,15,16,17). The van der Waals surface area contributed by atoms with E-state index in [1.165, 1.54) is 4.88 Å². The van der Waals surface area contributed by atoms with Crippen molar-refractivity contribution in [2.45, 2.75) is 26.2 Å². The Labute approximate surface area is 117 Å². The van der Waals surface area contributed by atoms with Crippen LogP contribution in [-0.2, 0) is 11.2 Å². The van der Waals surface area contributed by atoms with Gasteiger partial charge in [-0.05, 0) is 47.8 Å². The van der Waals surface area contributed by atoms with Crippen molar-refractivity contribution in [2.75, 3.05) is 5.32 Å². The van der Waals surface area contributed by atoms with Crippen molar-refractivity contribution >= 4 is 39.1 Å². The molecule has 5 nitrogen and oxygen atoms in total. The number of nitrogens with zero attached hydrogens (tertiary/aromatic N) is 2. The molecule has 0 saturated heterocycles. The number of hydrogen-bond donors (Lipinski definition) is 2. The van der Waals surface area contributed by atoms with Crippen LogP contribution in [0.4, 0.5) is 5.95 Å². The minimum absolute atomic E-state index is 0.0513. The number of hydrogen-bond acceptors (Lipinski definition) is 4. The fourth-order valence-electron chi connectivity index (χ4n) is 1.50. The number of carbonyl (C=O) groups is 1. The van der Waals surface area contributed by atoms with Crippen LogP contribution in [0.3, 0.4) is 0 Å². The number of aryl methyl sites for hydroxylation is 2. The first kappa shape index (κ1) is 13.2. The van der Waals surface area contributed by atoms with Crippen molar-refractivity contribution in [3.8, 4) is 0 Å². The third-order valence-electron chi connectivity index (χ3n) is 2.30. The predicted octanol–water partition coefficient (Wildman–Crippen LogP) is 2.90. The Morgan fingerprint density at radius 2 is 2.39 bits per heavy atom. The molecule has 0 saturated carbocycles. The summed E-state index contributed by atoms with van der Waals surface area (Å²) in [5.41, 5.74) is 0. The first-order chi connectivity index (χ1) is 8.63. The molecule has 2 aromatic heterocycles. The van der Waals surface area contributed by atoms with Crippen LogP contribution in [-0.4, -0.2) is 21.1 Å². The van der Waals surface area contributed by atoms with E-state index in [9.17, 15) is 4.79 Å². The number of aromatic nitrogens is 3. The van der Waals surface area contributed by atoms with Gasteiger partial charge in [-0.15, -0.1) is 16.4 Å². The second-order valence-electron chi connectivity index (χ2n) is 3.85. The smallest absolute Gasteiger partial charge is 0.248 e. The molecular formula is C11H13BrN4OS. The van der Waals surface area contributed by atoms with Crippen molar-refractivity contribution in [1.82, 2.24) is 15.2 Å². The lowest BCUT2D eigenvalue weighted by atomic mass is 10.2. The Balaban J connectivity index is 1.72. The van der Waals surface area contributed by atoms with Gasteiger partial charge in [-0.25, -0.2) is 0 Å². The minimum atomic E-state index is -0.0513. The number of amides is 1. The van der Waals surface area contributed by atoms with E-state index in [1.807, 2.05) is 6.07 Å². The van der Waals surface area contributed by atoms with E-state index >= 15 is 0 Å². The molecule has 0 aromatic carbocycles. The Bertz CT molecular complexity index is 537. The number of thiophene rings is 1. The van der Waals surface area contributed by atoms with Crippen molar-refractivity contribution in [3.05, 3.63) is 26.6 Å². The Morgan fingerprint density at radius 3 is 3.00 bits per heavy atom. The molecule has 0 aliphatic heterocycles. The lowest BCUT2D eigenvalue weighted by Gasteiger charge is -1.99. The summed E-state index contributed by atoms with van der Waals surface area (Å²) in [6.45, 7) is 1.79. The molecule has 0 aliphatic rings. The van der Waals surface area contributed by atoms with Crippen molar-refractivity contribution in [3.63, 3.8) is 0 Å². The molecule has 0 radical (unpaired) electrons. The zero-order valence-corrected chi connectivity index (χ0v) is 12.3. The second kappa shape index (κ2) is 6.10. The number of H-pyrrole nitrogens is 1. The topological polar surface area (TPSA) is 70.7 Å². The van der Waals surface area contributed by atoms with Gasteiger partial charge in [0.2, 0.25) is 11.9 Å². The van der Waals surface area contributed by atoms with Crippen LogP contribution in [0, 0.1) is 6.92 Å². The average Bonchev–Trinajstić information content (AvgIpc) is 2.88. The summed E-state index contributed by atoms with van der Waals surface area (Å²) >= 11 is 5.12. The van der Waals surface area contributed by atoms with E-state index < -0.39 is 0 Å². The fourth-order valence-corrected chi connectivity index (χ4v) is 3.02. The number of anilines is 1. The van der Waals surface area contributed by atoms with Crippen LogP contribution in [0.25, 0.3) is 0 Å². The highest BCUT2D eigenvalue weighted by atomic mass is 79.9. The zero-order valence-electron chi connectivity index (χ0n) is 9.86. The summed E-state index contributed by atoms with van der Waals surface area (Å²) in [5.74, 6) is 0.981. The zero-order chi connectivity index (χ0) is 13.0. The molecule has 0 aliphatic carbocycles. The first-order valence-electron chi connectivity index (χ1n) is 5.56. The molecular weight excluding hydrogens is 316 g/mol. The van der Waals surface area contributed by atoms with Gasteiger partial charge in [0, 0.05) is 11.3 Å². The lowest BCUT2D eigenvalue weighted by molar-refractivity contribution is -0.116. The fraction of sp³-hybridized carbons (Fsp3) is 0.364. The number of nitrogens with one attached hydrogen (secondary N) is 2. The molecule has 1 amide bonds. The van der Waals surface area contributed by atoms with E-state index in [2.05, 4.69) is 42.5 Å². The average molecular weight is 329 g/mol. The molecule has 0 bridgehead atoms. The largest absolute Gasteiger partial charge is 0.293 e. The number of aromatic amines is 1. The quantitative estimate of drug-likeness (QED) is 0.886. The van der Waals surface area contributed by atoms with Gasteiger partial charge >= 0.3 is 0 Å². The molecule has 2 heterocycles. The highest BCUT2D eigenvalue weighted by molar-refractivity contribution is 9.11. The van der Waals surface area contributed by atoms with Crippen LogP contribution in [0.2, 0.25) is 0 Å². The van der Waals surface area contributed by atoms with Gasteiger partial charge in [-0.1, -0.05) is 0 Å². The van der Waals surface area contributed by atoms with Gasteiger partial charge < -0.3 is 0 Å². The Morgan fingerprint density at radius 1 is 1.56 bits per heavy atom. The maximum atomic E-state index is 11.6. The number of carbonyl (C=O) groups excluding carboxylic acids is 1. The number of halogens is 1. The summed E-state index contributed by atoms with van der Waals surface area (Å²) in [5, 5.41) is 9.19. The summed E-state index contributed by atoms with van der Waals surface area (Å²) in [4.78, 5) is 16.9. The first-order valence-corrected chi connectivity index (χ1v) is 7.17. The molecule has 2 rings (SSSR count). The van der Waals surface area contributed by atoms with Gasteiger partial charge in [0.1, 0.15) is 5.82 Å². The van der Waals surface area contributed by atoms with E-state index in [-0.39, 0.29) is 5.91 Å². The molecule has 2 N–H and O–H groups in total. The second-order valence-corrected chi connectivity index (χ2v) is 6.40. The van der Waals surface area contributed by atoms with E-state index in [1.54, 1.807) is 18.3 Å². The van der Waals surface area contributed by atoms with Crippen molar-refractivity contribution < 1.29 is 4.79 Å². The summed E-state index contributed by atoms with van der Waals surface area (Å²) < 4.78 is 1.12. The van der Waals surface area contributed by atoms with Crippen LogP contribution in [0.1, 0.15) is 23.5 Å². The van der Waals surface area contributed by atoms with E-state index in [0.29, 0.717) is 18.2 Å². The monoisotopic (exact) mass is 328 g/mol. The van der Waals surface area contributed by atoms with Crippen LogP contribution in [0.5, 0.6) is 0 Å². The number of rotatable bonds is 5. The SMILES string of the molecule is Cc1nc(NC(=O)CCCc2ccc(Br)s2)n[nH]1. The normalized spacial score (nSPS) is 10.6. The van der Waals surface area contributed by atoms with Gasteiger partial charge in [0.05, 0.1) is 3.79 Å². The van der Waals surface area contributed by atoms with Gasteiger partial charge in [0.25, 0.3) is 0 Å². The van der Waals surface area contributed by atoms with Gasteiger partial charge in [0.15, 0.2) is 0 Å². The predicted molar refractivity (Wildman–Crippen MR) is 74.7 cm³/mol. The molecule has 96 valence electrons. The summed E-state index contributed by atoms with van der Waals surface area (Å²) in [6.07, 6.45) is 2.21. The van der Waals surface area contributed by atoms with E-state index in [4.69, 9.17) is 0 Å². The molecule has 0 spiro atoms. The maximum absolute atomic E-state index is 11.6. The van der Waals surface area contributed by atoms with Crippen molar-refractivity contribution in [2.24, 2.45) is 0 Å². The lowest BCUT2D eigenvalue weighted by Crippen LogP contribution is -2.12. The van der Waals surface area contributed by atoms with Crippen LogP contribution in [0.15, 0.2) is 15.9 Å². The minimum Gasteiger partial charge on any atom is -0.293 e. The molecule has 18 heavy (non-hydrogen) atoms. The third kappa shape index (κ3) is 3.92. The molecule has 0 fully saturated rings. The highest BCUT2D eigenvalue weighted by Crippen LogP contribution is 2.23. The van der Waals surface area contributed by atoms with Crippen LogP contribution >= 0.6 is 27.3 Å². The molecule has 2 aromatic rings. The van der Waals surface area contributed by atoms with E-state index in [0.717, 1.165) is 16.6 Å². The van der Waals surface area contributed by atoms with Crippen LogP contribution < -0.4 is 5.32 Å². The highest BCUT2D eigenvalue weighted by Gasteiger charge is 2.06. The Hall–Kier alpha value is -1.21. The van der Waals surface area contributed by atoms with Gasteiger partial charge in [-0.3, -0.25) is 15.2 Å². The van der Waals surface area contributed by atoms with Gasteiger partial charge in [-0.2, -0.15) is 4.98 Å². The maximum Gasteiger partial charge on any atom is 0.248 e. The molecule has 0 atom stereocenters. The summed E-state index contributed by atoms with van der Waals surface area (Å²) in [7, 11) is 0. The Kier molecular flexibility index (Phi) is 4.48. The third-order valence-corrected chi connectivity index (χ3v) is 3.99. The summed E-state index contributed by atoms with van der Waals surface area (Å²) in [6, 6.07) is 4.10. The molecule has 0 unspecified atom stereocenters. The van der Waals surface area contributed by atoms with Crippen molar-refractivity contribution in [1.29, 1.82) is 0 Å².